The molecule has 0 radical (unpaired) electrons. The molecular formula is C23H14Br2N2O4. The molecule has 4 rings (SSSR count). The van der Waals surface area contributed by atoms with E-state index in [1.54, 1.807) is 66.7 Å². The Balaban J connectivity index is 1.65. The van der Waals surface area contributed by atoms with E-state index < -0.39 is 17.8 Å². The molecule has 0 atom stereocenters. The third-order valence-electron chi connectivity index (χ3n) is 4.46. The fourth-order valence-electron chi connectivity index (χ4n) is 2.94. The molecule has 0 spiro atoms. The van der Waals surface area contributed by atoms with Gasteiger partial charge >= 0.3 is 5.97 Å². The van der Waals surface area contributed by atoms with Gasteiger partial charge in [0.25, 0.3) is 11.8 Å². The number of anilines is 1. The summed E-state index contributed by atoms with van der Waals surface area (Å²) in [6.07, 6.45) is 1.41. The average Bonchev–Trinajstić information content (AvgIpc) is 3.05. The molecule has 6 nitrogen and oxygen atoms in total. The molecule has 3 aromatic rings. The van der Waals surface area contributed by atoms with Crippen molar-refractivity contribution in [2.24, 2.45) is 0 Å². The highest BCUT2D eigenvalue weighted by atomic mass is 79.9. The molecule has 0 aliphatic carbocycles. The van der Waals surface area contributed by atoms with Crippen molar-refractivity contribution in [1.29, 1.82) is 0 Å². The van der Waals surface area contributed by atoms with E-state index in [4.69, 9.17) is 4.74 Å². The Bertz CT molecular complexity index is 1210. The van der Waals surface area contributed by atoms with Crippen molar-refractivity contribution in [3.8, 4) is 5.75 Å². The van der Waals surface area contributed by atoms with Gasteiger partial charge in [0, 0.05) is 14.5 Å². The number of hydrogen-bond donors (Lipinski definition) is 1. The van der Waals surface area contributed by atoms with Crippen LogP contribution in [0.2, 0.25) is 0 Å². The lowest BCUT2D eigenvalue weighted by Crippen LogP contribution is -2.35. The maximum absolute atomic E-state index is 12.8. The molecule has 8 heteroatoms. The van der Waals surface area contributed by atoms with Gasteiger partial charge in [0.05, 0.1) is 11.3 Å². The number of halogens is 2. The van der Waals surface area contributed by atoms with Crippen molar-refractivity contribution in [2.75, 3.05) is 5.01 Å². The van der Waals surface area contributed by atoms with Gasteiger partial charge in [-0.2, -0.15) is 0 Å². The molecule has 1 N–H and O–H groups in total. The van der Waals surface area contributed by atoms with Crippen LogP contribution in [0.15, 0.2) is 87.3 Å². The van der Waals surface area contributed by atoms with Gasteiger partial charge in [0.2, 0.25) is 0 Å². The predicted octanol–water partition coefficient (Wildman–Crippen LogP) is 4.89. The van der Waals surface area contributed by atoms with Gasteiger partial charge in [-0.3, -0.25) is 15.0 Å². The molecule has 0 saturated carbocycles. The highest BCUT2D eigenvalue weighted by Gasteiger charge is 2.34. The summed E-state index contributed by atoms with van der Waals surface area (Å²) in [6, 6.07) is 20.5. The summed E-state index contributed by atoms with van der Waals surface area (Å²) in [5.41, 5.74) is 3.80. The number of carbonyl (C=O) groups is 3. The molecule has 31 heavy (non-hydrogen) atoms. The highest BCUT2D eigenvalue weighted by Crippen LogP contribution is 2.29. The number of amides is 2. The number of benzene rings is 3. The smallest absolute Gasteiger partial charge is 0.343 e. The number of hydrogen-bond acceptors (Lipinski definition) is 4. The fraction of sp³-hybridized carbons (Fsp3) is 0. The van der Waals surface area contributed by atoms with Gasteiger partial charge in [0.1, 0.15) is 11.3 Å². The molecule has 0 unspecified atom stereocenters. The second-order valence-corrected chi connectivity index (χ2v) is 8.38. The number of esters is 1. The van der Waals surface area contributed by atoms with Crippen LogP contribution < -0.4 is 15.2 Å². The monoisotopic (exact) mass is 540 g/mol. The summed E-state index contributed by atoms with van der Waals surface area (Å²) in [7, 11) is 0. The first-order valence-electron chi connectivity index (χ1n) is 9.12. The Hall–Kier alpha value is -3.23. The number of nitrogens with zero attached hydrogens (tertiary/aromatic N) is 1. The first-order valence-corrected chi connectivity index (χ1v) is 10.7. The third-order valence-corrected chi connectivity index (χ3v) is 5.48. The first kappa shape index (κ1) is 21.0. The van der Waals surface area contributed by atoms with Crippen molar-refractivity contribution >= 4 is 61.4 Å². The van der Waals surface area contributed by atoms with Crippen LogP contribution in [0.3, 0.4) is 0 Å². The largest absolute Gasteiger partial charge is 0.422 e. The third kappa shape index (κ3) is 4.60. The molecule has 1 fully saturated rings. The van der Waals surface area contributed by atoms with Crippen LogP contribution in [-0.4, -0.2) is 17.8 Å². The highest BCUT2D eigenvalue weighted by molar-refractivity contribution is 9.10. The van der Waals surface area contributed by atoms with Crippen molar-refractivity contribution in [3.05, 3.63) is 98.4 Å². The van der Waals surface area contributed by atoms with Crippen molar-refractivity contribution in [1.82, 2.24) is 5.43 Å². The van der Waals surface area contributed by atoms with E-state index in [0.29, 0.717) is 21.3 Å². The Morgan fingerprint density at radius 3 is 2.29 bits per heavy atom. The normalized spacial score (nSPS) is 14.6. The molecule has 0 aromatic heterocycles. The maximum atomic E-state index is 12.8. The van der Waals surface area contributed by atoms with E-state index in [1.165, 1.54) is 11.1 Å². The Morgan fingerprint density at radius 1 is 0.903 bits per heavy atom. The number of para-hydroxylation sites is 1. The minimum atomic E-state index is -0.553. The Kier molecular flexibility index (Phi) is 6.01. The second-order valence-electron chi connectivity index (χ2n) is 6.55. The zero-order chi connectivity index (χ0) is 22.0. The van der Waals surface area contributed by atoms with Gasteiger partial charge in [0.15, 0.2) is 0 Å². The van der Waals surface area contributed by atoms with Gasteiger partial charge in [-0.15, -0.1) is 0 Å². The zero-order valence-corrected chi connectivity index (χ0v) is 19.0. The lowest BCUT2D eigenvalue weighted by atomic mass is 10.1. The first-order chi connectivity index (χ1) is 14.9. The standard InChI is InChI=1S/C23H14Br2N2O4/c24-16-8-6-14(7-9-16)23(30)31-20-11-10-17(25)12-15(20)13-19-21(28)26-27(22(19)29)18-4-2-1-3-5-18/h1-13H,(H,26,28)/b19-13+. The van der Waals surface area contributed by atoms with Gasteiger partial charge in [-0.1, -0.05) is 50.1 Å². The Morgan fingerprint density at radius 2 is 1.58 bits per heavy atom. The van der Waals surface area contributed by atoms with Gasteiger partial charge < -0.3 is 4.74 Å². The molecule has 1 aliphatic heterocycles. The summed E-state index contributed by atoms with van der Waals surface area (Å²) in [4.78, 5) is 37.9. The van der Waals surface area contributed by atoms with E-state index in [2.05, 4.69) is 37.3 Å². The summed E-state index contributed by atoms with van der Waals surface area (Å²) in [5, 5.41) is 1.18. The topological polar surface area (TPSA) is 75.7 Å². The molecule has 3 aromatic carbocycles. The van der Waals surface area contributed by atoms with Crippen LogP contribution in [0.5, 0.6) is 5.75 Å². The predicted molar refractivity (Wildman–Crippen MR) is 123 cm³/mol. The minimum absolute atomic E-state index is 0.0668. The van der Waals surface area contributed by atoms with Crippen LogP contribution in [0, 0.1) is 0 Å². The lowest BCUT2D eigenvalue weighted by molar-refractivity contribution is -0.117. The SMILES string of the molecule is O=C1NN(c2ccccc2)C(=O)/C1=C/c1cc(Br)ccc1OC(=O)c1ccc(Br)cc1. The van der Waals surface area contributed by atoms with Gasteiger partial charge in [-0.25, -0.2) is 9.80 Å². The summed E-state index contributed by atoms with van der Waals surface area (Å²) < 4.78 is 7.08. The molecule has 2 amide bonds. The Labute approximate surface area is 194 Å². The molecule has 0 bridgehead atoms. The van der Waals surface area contributed by atoms with E-state index in [0.717, 1.165) is 4.47 Å². The number of ether oxygens (including phenoxy) is 1. The zero-order valence-electron chi connectivity index (χ0n) is 15.8. The summed E-state index contributed by atoms with van der Waals surface area (Å²) >= 11 is 6.70. The van der Waals surface area contributed by atoms with Crippen LogP contribution in [0.4, 0.5) is 5.69 Å². The number of rotatable bonds is 4. The van der Waals surface area contributed by atoms with Crippen molar-refractivity contribution in [2.45, 2.75) is 0 Å². The van der Waals surface area contributed by atoms with Crippen LogP contribution >= 0.6 is 31.9 Å². The fourth-order valence-corrected chi connectivity index (χ4v) is 3.58. The maximum Gasteiger partial charge on any atom is 0.343 e. The van der Waals surface area contributed by atoms with E-state index >= 15 is 0 Å². The molecule has 1 heterocycles. The van der Waals surface area contributed by atoms with Gasteiger partial charge in [-0.05, 0) is 60.7 Å². The quantitative estimate of drug-likeness (QED) is 0.221. The number of hydrazine groups is 1. The van der Waals surface area contributed by atoms with Crippen molar-refractivity contribution < 1.29 is 19.1 Å². The van der Waals surface area contributed by atoms with E-state index in [1.807, 2.05) is 6.07 Å². The van der Waals surface area contributed by atoms with Crippen molar-refractivity contribution in [3.63, 3.8) is 0 Å². The van der Waals surface area contributed by atoms with Crippen LogP contribution in [0.25, 0.3) is 6.08 Å². The average molecular weight is 542 g/mol. The minimum Gasteiger partial charge on any atom is -0.422 e. The summed E-state index contributed by atoms with van der Waals surface area (Å²) in [5.74, 6) is -1.37. The van der Waals surface area contributed by atoms with E-state index in [9.17, 15) is 14.4 Å². The molecule has 154 valence electrons. The summed E-state index contributed by atoms with van der Waals surface area (Å²) in [6.45, 7) is 0. The second kappa shape index (κ2) is 8.87. The van der Waals surface area contributed by atoms with Crippen LogP contribution in [0.1, 0.15) is 15.9 Å². The molecule has 1 saturated heterocycles. The van der Waals surface area contributed by atoms with Crippen LogP contribution in [-0.2, 0) is 9.59 Å². The number of carbonyl (C=O) groups excluding carboxylic acids is 3. The number of nitrogens with one attached hydrogen (secondary N) is 1. The van der Waals surface area contributed by atoms with E-state index in [-0.39, 0.29) is 11.3 Å². The molecule has 1 aliphatic rings. The lowest BCUT2D eigenvalue weighted by Gasteiger charge is -2.14. The molecular weight excluding hydrogens is 528 g/mol.